The van der Waals surface area contributed by atoms with Crippen LogP contribution in [0.15, 0.2) is 58.5 Å². The zero-order chi connectivity index (χ0) is 20.8. The largest absolute Gasteiger partial charge is 0.497 e. The monoisotopic (exact) mass is 413 g/mol. The highest BCUT2D eigenvalue weighted by Crippen LogP contribution is 2.22. The average Bonchev–Trinajstić information content (AvgIpc) is 2.71. The molecule has 3 rings (SSSR count). The summed E-state index contributed by atoms with van der Waals surface area (Å²) in [5, 5.41) is 3.13. The van der Waals surface area contributed by atoms with Crippen LogP contribution in [0.5, 0.6) is 5.75 Å². The van der Waals surface area contributed by atoms with Crippen LogP contribution in [-0.2, 0) is 17.0 Å². The SMILES string of the molecule is COc1cccc(CSc2nc(C)c(CC(=O)Nc3ccc(F)cc3)c(=O)[nH]2)c1. The van der Waals surface area contributed by atoms with Gasteiger partial charge in [-0.05, 0) is 48.9 Å². The molecule has 0 unspecified atom stereocenters. The predicted octanol–water partition coefficient (Wildman–Crippen LogP) is 3.70. The van der Waals surface area contributed by atoms with Gasteiger partial charge in [0.05, 0.1) is 13.5 Å². The van der Waals surface area contributed by atoms with Crippen LogP contribution in [0.4, 0.5) is 10.1 Å². The van der Waals surface area contributed by atoms with Gasteiger partial charge in [0.2, 0.25) is 5.91 Å². The average molecular weight is 413 g/mol. The van der Waals surface area contributed by atoms with Gasteiger partial charge in [-0.25, -0.2) is 9.37 Å². The number of benzene rings is 2. The van der Waals surface area contributed by atoms with Crippen molar-refractivity contribution in [2.75, 3.05) is 12.4 Å². The van der Waals surface area contributed by atoms with Gasteiger partial charge in [0.25, 0.3) is 5.56 Å². The van der Waals surface area contributed by atoms with Gasteiger partial charge in [0.15, 0.2) is 5.16 Å². The Morgan fingerprint density at radius 1 is 1.24 bits per heavy atom. The molecule has 0 aliphatic heterocycles. The number of thioether (sulfide) groups is 1. The molecule has 0 atom stereocenters. The number of ether oxygens (including phenoxy) is 1. The quantitative estimate of drug-likeness (QED) is 0.456. The van der Waals surface area contributed by atoms with Gasteiger partial charge in [-0.15, -0.1) is 0 Å². The Kier molecular flexibility index (Phi) is 6.66. The highest BCUT2D eigenvalue weighted by atomic mass is 32.2. The van der Waals surface area contributed by atoms with Gasteiger partial charge in [-0.3, -0.25) is 9.59 Å². The van der Waals surface area contributed by atoms with E-state index in [0.717, 1.165) is 11.3 Å². The van der Waals surface area contributed by atoms with E-state index in [9.17, 15) is 14.0 Å². The summed E-state index contributed by atoms with van der Waals surface area (Å²) in [5.74, 6) is 0.623. The molecular formula is C21H20FN3O3S. The maximum Gasteiger partial charge on any atom is 0.255 e. The van der Waals surface area contributed by atoms with Crippen molar-refractivity contribution in [3.63, 3.8) is 0 Å². The zero-order valence-corrected chi connectivity index (χ0v) is 16.8. The highest BCUT2D eigenvalue weighted by molar-refractivity contribution is 7.98. The number of anilines is 1. The second-order valence-electron chi connectivity index (χ2n) is 6.31. The summed E-state index contributed by atoms with van der Waals surface area (Å²) in [4.78, 5) is 31.8. The number of aromatic amines is 1. The molecule has 0 saturated carbocycles. The fraction of sp³-hybridized carbons (Fsp3) is 0.190. The molecule has 8 heteroatoms. The lowest BCUT2D eigenvalue weighted by Crippen LogP contribution is -2.23. The number of nitrogens with one attached hydrogen (secondary N) is 2. The molecule has 2 N–H and O–H groups in total. The molecule has 0 aliphatic carbocycles. The Balaban J connectivity index is 1.66. The molecule has 0 fully saturated rings. The fourth-order valence-electron chi connectivity index (χ4n) is 2.67. The van der Waals surface area contributed by atoms with Crippen LogP contribution >= 0.6 is 11.8 Å². The van der Waals surface area contributed by atoms with E-state index in [-0.39, 0.29) is 23.7 Å². The lowest BCUT2D eigenvalue weighted by atomic mass is 10.1. The molecule has 29 heavy (non-hydrogen) atoms. The Bertz CT molecular complexity index is 1070. The van der Waals surface area contributed by atoms with Crippen molar-refractivity contribution in [2.24, 2.45) is 0 Å². The lowest BCUT2D eigenvalue weighted by molar-refractivity contribution is -0.115. The summed E-state index contributed by atoms with van der Waals surface area (Å²) in [6.07, 6.45) is -0.119. The first-order chi connectivity index (χ1) is 13.9. The number of carbonyl (C=O) groups excluding carboxylic acids is 1. The van der Waals surface area contributed by atoms with E-state index in [1.54, 1.807) is 14.0 Å². The Labute approximate surface area is 171 Å². The first kappa shape index (κ1) is 20.6. The molecule has 6 nitrogen and oxygen atoms in total. The van der Waals surface area contributed by atoms with Crippen molar-refractivity contribution in [2.45, 2.75) is 24.3 Å². The molecule has 1 amide bonds. The van der Waals surface area contributed by atoms with Crippen LogP contribution < -0.4 is 15.6 Å². The first-order valence-electron chi connectivity index (χ1n) is 8.85. The van der Waals surface area contributed by atoms with Gasteiger partial charge in [-0.1, -0.05) is 23.9 Å². The number of amides is 1. The number of halogens is 1. The van der Waals surface area contributed by atoms with Crippen LogP contribution in [0, 0.1) is 12.7 Å². The van der Waals surface area contributed by atoms with E-state index in [1.807, 2.05) is 24.3 Å². The number of aromatic nitrogens is 2. The third kappa shape index (κ3) is 5.68. The summed E-state index contributed by atoms with van der Waals surface area (Å²) >= 11 is 1.39. The molecule has 0 spiro atoms. The minimum absolute atomic E-state index is 0.119. The molecule has 1 heterocycles. The number of methoxy groups -OCH3 is 1. The smallest absolute Gasteiger partial charge is 0.255 e. The van der Waals surface area contributed by atoms with Crippen molar-refractivity contribution < 1.29 is 13.9 Å². The lowest BCUT2D eigenvalue weighted by Gasteiger charge is -2.09. The van der Waals surface area contributed by atoms with E-state index in [0.29, 0.717) is 27.9 Å². The number of H-pyrrole nitrogens is 1. The maximum atomic E-state index is 12.9. The van der Waals surface area contributed by atoms with Crippen molar-refractivity contribution in [1.82, 2.24) is 9.97 Å². The number of hydrogen-bond donors (Lipinski definition) is 2. The van der Waals surface area contributed by atoms with Gasteiger partial charge >= 0.3 is 0 Å². The van der Waals surface area contributed by atoms with Crippen molar-refractivity contribution >= 4 is 23.4 Å². The second kappa shape index (κ2) is 9.38. The third-order valence-corrected chi connectivity index (χ3v) is 5.12. The molecule has 1 aromatic heterocycles. The van der Waals surface area contributed by atoms with Crippen LogP contribution in [0.1, 0.15) is 16.8 Å². The number of aryl methyl sites for hydroxylation is 1. The van der Waals surface area contributed by atoms with Crippen molar-refractivity contribution in [1.29, 1.82) is 0 Å². The molecule has 0 aliphatic rings. The first-order valence-corrected chi connectivity index (χ1v) is 9.84. The summed E-state index contributed by atoms with van der Waals surface area (Å²) in [6.45, 7) is 1.70. The number of nitrogens with zero attached hydrogens (tertiary/aromatic N) is 1. The molecule has 2 aromatic carbocycles. The van der Waals surface area contributed by atoms with E-state index in [4.69, 9.17) is 4.74 Å². The molecule has 0 radical (unpaired) electrons. The normalized spacial score (nSPS) is 10.6. The van der Waals surface area contributed by atoms with Crippen LogP contribution in [0.25, 0.3) is 0 Å². The molecule has 0 bridgehead atoms. The van der Waals surface area contributed by atoms with Gasteiger partial charge in [0, 0.05) is 22.7 Å². The van der Waals surface area contributed by atoms with E-state index in [1.165, 1.54) is 36.0 Å². The van der Waals surface area contributed by atoms with Crippen molar-refractivity contribution in [3.05, 3.63) is 81.5 Å². The summed E-state index contributed by atoms with van der Waals surface area (Å²) in [6, 6.07) is 13.1. The Morgan fingerprint density at radius 3 is 2.69 bits per heavy atom. The van der Waals surface area contributed by atoms with Crippen molar-refractivity contribution in [3.8, 4) is 5.75 Å². The third-order valence-electron chi connectivity index (χ3n) is 4.18. The molecule has 3 aromatic rings. The van der Waals surface area contributed by atoms with Gasteiger partial charge in [0.1, 0.15) is 11.6 Å². The van der Waals surface area contributed by atoms with Crippen LogP contribution in [0.2, 0.25) is 0 Å². The second-order valence-corrected chi connectivity index (χ2v) is 7.27. The summed E-state index contributed by atoms with van der Waals surface area (Å²) in [5.41, 5.74) is 1.95. The highest BCUT2D eigenvalue weighted by Gasteiger charge is 2.13. The van der Waals surface area contributed by atoms with E-state index in [2.05, 4.69) is 15.3 Å². The number of carbonyl (C=O) groups is 1. The summed E-state index contributed by atoms with van der Waals surface area (Å²) in [7, 11) is 1.61. The minimum Gasteiger partial charge on any atom is -0.497 e. The van der Waals surface area contributed by atoms with Gasteiger partial charge in [-0.2, -0.15) is 0 Å². The zero-order valence-electron chi connectivity index (χ0n) is 16.0. The van der Waals surface area contributed by atoms with Gasteiger partial charge < -0.3 is 15.0 Å². The minimum atomic E-state index is -0.387. The standard InChI is InChI=1S/C21H20FN3O3S/c1-13-18(11-19(26)24-16-8-6-15(22)7-9-16)20(27)25-21(23-13)29-12-14-4-3-5-17(10-14)28-2/h3-10H,11-12H2,1-2H3,(H,24,26)(H,23,25,27). The number of rotatable bonds is 7. The Hall–Kier alpha value is -3.13. The molecular weight excluding hydrogens is 393 g/mol. The van der Waals surface area contributed by atoms with E-state index >= 15 is 0 Å². The topological polar surface area (TPSA) is 84.1 Å². The van der Waals surface area contributed by atoms with Crippen LogP contribution in [0.3, 0.4) is 0 Å². The van der Waals surface area contributed by atoms with Crippen LogP contribution in [-0.4, -0.2) is 23.0 Å². The predicted molar refractivity (Wildman–Crippen MR) is 111 cm³/mol. The number of hydrogen-bond acceptors (Lipinski definition) is 5. The maximum absolute atomic E-state index is 12.9. The van der Waals surface area contributed by atoms with E-state index < -0.39 is 0 Å². The fourth-order valence-corrected chi connectivity index (χ4v) is 3.52. The Morgan fingerprint density at radius 2 is 2.00 bits per heavy atom. The summed E-state index contributed by atoms with van der Waals surface area (Å²) < 4.78 is 18.2. The molecule has 150 valence electrons. The molecule has 0 saturated heterocycles.